The van der Waals surface area contributed by atoms with E-state index in [0.717, 1.165) is 12.8 Å². The molecule has 1 heterocycles. The molecule has 22 heavy (non-hydrogen) atoms. The summed E-state index contributed by atoms with van der Waals surface area (Å²) in [5.41, 5.74) is 6.10. The molecule has 0 saturated carbocycles. The molecule has 1 aromatic carbocycles. The first-order valence-corrected chi connectivity index (χ1v) is 6.88. The van der Waals surface area contributed by atoms with Gasteiger partial charge in [-0.2, -0.15) is 15.4 Å². The Kier molecular flexibility index (Phi) is 5.13. The number of benzene rings is 1. The first-order valence-electron chi connectivity index (χ1n) is 6.88. The average Bonchev–Trinajstić information content (AvgIpc) is 2.97. The third-order valence-electron chi connectivity index (χ3n) is 3.09. The summed E-state index contributed by atoms with van der Waals surface area (Å²) in [7, 11) is -1.65. The number of primary amides is 1. The Balaban J connectivity index is 2.46. The molecule has 0 atom stereocenters. The molecule has 0 aliphatic carbocycles. The van der Waals surface area contributed by atoms with Crippen molar-refractivity contribution in [3.05, 3.63) is 23.9 Å². The second-order valence-corrected chi connectivity index (χ2v) is 4.72. The van der Waals surface area contributed by atoms with Crippen molar-refractivity contribution in [3.63, 3.8) is 0 Å². The minimum Gasteiger partial charge on any atom is -0.493 e. The number of aromatic amines is 1. The zero-order valence-corrected chi connectivity index (χ0v) is 12.1. The summed E-state index contributed by atoms with van der Waals surface area (Å²) >= 11 is 0. The molecule has 0 bridgehead atoms. The molecule has 1 aromatic heterocycles. The van der Waals surface area contributed by atoms with Crippen LogP contribution in [0.3, 0.4) is 0 Å². The molecule has 9 heteroatoms. The van der Waals surface area contributed by atoms with Gasteiger partial charge in [0.15, 0.2) is 5.69 Å². The molecule has 0 aliphatic heterocycles. The number of hydrogen-bond acceptors (Lipinski definition) is 6. The van der Waals surface area contributed by atoms with Gasteiger partial charge in [-0.3, -0.25) is 4.79 Å². The van der Waals surface area contributed by atoms with E-state index in [1.54, 1.807) is 6.07 Å². The molecule has 0 unspecified atom stereocenters. The highest BCUT2D eigenvalue weighted by Gasteiger charge is 2.21. The van der Waals surface area contributed by atoms with Gasteiger partial charge >= 0.3 is 7.12 Å². The van der Waals surface area contributed by atoms with Gasteiger partial charge in [0, 0.05) is 5.56 Å². The van der Waals surface area contributed by atoms with Crippen LogP contribution in [0.5, 0.6) is 5.75 Å². The summed E-state index contributed by atoms with van der Waals surface area (Å²) in [4.78, 5) is 11.4. The molecule has 5 N–H and O–H groups in total. The fraction of sp³-hybridized carbons (Fsp3) is 0.308. The highest BCUT2D eigenvalue weighted by Crippen LogP contribution is 2.29. The van der Waals surface area contributed by atoms with Gasteiger partial charge in [0.1, 0.15) is 11.4 Å². The van der Waals surface area contributed by atoms with E-state index in [9.17, 15) is 14.8 Å². The van der Waals surface area contributed by atoms with Crippen LogP contribution < -0.4 is 15.9 Å². The van der Waals surface area contributed by atoms with Crippen LogP contribution in [0.25, 0.3) is 11.3 Å². The predicted octanol–water partition coefficient (Wildman–Crippen LogP) is -0.571. The number of nitrogens with zero attached hydrogens (tertiary/aromatic N) is 2. The fourth-order valence-electron chi connectivity index (χ4n) is 1.94. The molecular formula is C13H17BN4O4. The lowest BCUT2D eigenvalue weighted by molar-refractivity contribution is 0.0996. The van der Waals surface area contributed by atoms with Gasteiger partial charge in [0.05, 0.1) is 6.61 Å². The number of H-pyrrole nitrogens is 1. The molecule has 0 saturated heterocycles. The van der Waals surface area contributed by atoms with E-state index in [0.29, 0.717) is 17.9 Å². The number of nitrogens with one attached hydrogen (secondary N) is 1. The van der Waals surface area contributed by atoms with Crippen molar-refractivity contribution in [2.45, 2.75) is 19.8 Å². The van der Waals surface area contributed by atoms with Crippen LogP contribution in [0.2, 0.25) is 0 Å². The topological polar surface area (TPSA) is 134 Å². The number of aromatic nitrogens is 3. The second kappa shape index (κ2) is 7.05. The van der Waals surface area contributed by atoms with Gasteiger partial charge in [-0.05, 0) is 24.0 Å². The van der Waals surface area contributed by atoms with Crippen LogP contribution in [0.4, 0.5) is 0 Å². The molecule has 116 valence electrons. The van der Waals surface area contributed by atoms with E-state index in [1.807, 2.05) is 6.92 Å². The van der Waals surface area contributed by atoms with E-state index >= 15 is 0 Å². The maximum atomic E-state index is 11.4. The van der Waals surface area contributed by atoms with Gasteiger partial charge in [0.25, 0.3) is 5.91 Å². The quantitative estimate of drug-likeness (QED) is 0.400. The van der Waals surface area contributed by atoms with Crippen molar-refractivity contribution in [1.29, 1.82) is 0 Å². The Morgan fingerprint density at radius 3 is 2.82 bits per heavy atom. The third kappa shape index (κ3) is 3.44. The molecule has 8 nitrogen and oxygen atoms in total. The van der Waals surface area contributed by atoms with E-state index < -0.39 is 13.0 Å². The van der Waals surface area contributed by atoms with Gasteiger partial charge in [0.2, 0.25) is 0 Å². The summed E-state index contributed by atoms with van der Waals surface area (Å²) in [6.45, 7) is 2.53. The van der Waals surface area contributed by atoms with Crippen LogP contribution in [-0.2, 0) is 0 Å². The molecule has 0 spiro atoms. The Labute approximate surface area is 127 Å². The van der Waals surface area contributed by atoms with Crippen molar-refractivity contribution >= 4 is 18.5 Å². The van der Waals surface area contributed by atoms with Gasteiger partial charge in [-0.25, -0.2) is 0 Å². The van der Waals surface area contributed by atoms with Crippen LogP contribution >= 0.6 is 0 Å². The number of amides is 1. The van der Waals surface area contributed by atoms with Crippen molar-refractivity contribution in [2.75, 3.05) is 6.61 Å². The zero-order chi connectivity index (χ0) is 16.1. The highest BCUT2D eigenvalue weighted by molar-refractivity contribution is 6.58. The number of carbonyl (C=O) groups excluding carboxylic acids is 1. The monoisotopic (exact) mass is 304 g/mol. The van der Waals surface area contributed by atoms with E-state index in [2.05, 4.69) is 15.4 Å². The Morgan fingerprint density at radius 1 is 1.41 bits per heavy atom. The number of ether oxygens (including phenoxy) is 1. The Bertz CT molecular complexity index is 659. The van der Waals surface area contributed by atoms with Crippen molar-refractivity contribution < 1.29 is 19.6 Å². The number of carbonyl (C=O) groups is 1. The van der Waals surface area contributed by atoms with E-state index in [1.165, 1.54) is 12.1 Å². The van der Waals surface area contributed by atoms with Crippen LogP contribution in [0, 0.1) is 0 Å². The molecule has 1 amide bonds. The largest absolute Gasteiger partial charge is 0.493 e. The van der Waals surface area contributed by atoms with Gasteiger partial charge < -0.3 is 20.5 Å². The van der Waals surface area contributed by atoms with Crippen LogP contribution in [0.15, 0.2) is 18.2 Å². The van der Waals surface area contributed by atoms with Crippen molar-refractivity contribution in [2.24, 2.45) is 5.73 Å². The summed E-state index contributed by atoms with van der Waals surface area (Å²) in [6.07, 6.45) is 1.84. The smallest absolute Gasteiger partial charge is 0.488 e. The summed E-state index contributed by atoms with van der Waals surface area (Å²) in [5.74, 6) is -0.271. The van der Waals surface area contributed by atoms with Crippen molar-refractivity contribution in [1.82, 2.24) is 15.4 Å². The first-order chi connectivity index (χ1) is 10.5. The highest BCUT2D eigenvalue weighted by atomic mass is 16.5. The molecule has 0 fully saturated rings. The Hall–Kier alpha value is -2.39. The minimum absolute atomic E-state index is 0.0371. The third-order valence-corrected chi connectivity index (χ3v) is 3.09. The molecule has 0 aliphatic rings. The lowest BCUT2D eigenvalue weighted by atomic mass is 9.79. The number of rotatable bonds is 7. The molecule has 2 aromatic rings. The lowest BCUT2D eigenvalue weighted by Crippen LogP contribution is -2.29. The van der Waals surface area contributed by atoms with E-state index in [-0.39, 0.29) is 16.9 Å². The number of nitrogens with two attached hydrogens (primary N) is 1. The number of unbranched alkanes of at least 4 members (excludes halogenated alkanes) is 1. The van der Waals surface area contributed by atoms with Crippen LogP contribution in [-0.4, -0.2) is 45.1 Å². The summed E-state index contributed by atoms with van der Waals surface area (Å²) in [6, 6.07) is 4.61. The predicted molar refractivity (Wildman–Crippen MR) is 80.6 cm³/mol. The maximum Gasteiger partial charge on any atom is 0.488 e. The minimum atomic E-state index is -1.65. The van der Waals surface area contributed by atoms with Gasteiger partial charge in [-0.1, -0.05) is 19.4 Å². The van der Waals surface area contributed by atoms with E-state index in [4.69, 9.17) is 10.5 Å². The second-order valence-electron chi connectivity index (χ2n) is 4.72. The van der Waals surface area contributed by atoms with Crippen LogP contribution in [0.1, 0.15) is 30.3 Å². The zero-order valence-electron chi connectivity index (χ0n) is 12.1. The molecule has 2 rings (SSSR count). The normalized spacial score (nSPS) is 10.5. The van der Waals surface area contributed by atoms with Crippen molar-refractivity contribution in [3.8, 4) is 17.0 Å². The van der Waals surface area contributed by atoms with Gasteiger partial charge in [-0.15, -0.1) is 0 Å². The average molecular weight is 304 g/mol. The fourth-order valence-corrected chi connectivity index (χ4v) is 1.94. The SMILES string of the molecule is CCCCOc1ccc(B(O)O)cc1-c1n[nH]nc1C(N)=O. The lowest BCUT2D eigenvalue weighted by Gasteiger charge is -2.12. The summed E-state index contributed by atoms with van der Waals surface area (Å²) < 4.78 is 5.67. The Morgan fingerprint density at radius 2 is 2.18 bits per heavy atom. The molecule has 0 radical (unpaired) electrons. The number of hydrogen-bond donors (Lipinski definition) is 4. The first kappa shape index (κ1) is 16.0. The summed E-state index contributed by atoms with van der Waals surface area (Å²) in [5, 5.41) is 28.6. The molecular weight excluding hydrogens is 287 g/mol. The maximum absolute atomic E-state index is 11.4. The standard InChI is InChI=1S/C13H17BN4O4/c1-2-3-6-22-10-5-4-8(14(20)21)7-9(10)11-12(13(15)19)17-18-16-11/h4-5,7,20-21H,2-3,6H2,1H3,(H2,15,19)(H,16,17,18).